The number of nitrogens with zero attached hydrogens (tertiary/aromatic N) is 2. The molecule has 1 atom stereocenters. The van der Waals surface area contributed by atoms with E-state index in [-0.39, 0.29) is 6.04 Å². The highest BCUT2D eigenvalue weighted by Gasteiger charge is 2.08. The molecule has 154 valence electrons. The summed E-state index contributed by atoms with van der Waals surface area (Å²) >= 11 is 0. The van der Waals surface area contributed by atoms with Gasteiger partial charge in [-0.1, -0.05) is 26.0 Å². The van der Waals surface area contributed by atoms with Crippen LogP contribution in [0.2, 0.25) is 0 Å². The molecule has 0 fully saturated rings. The Morgan fingerprint density at radius 2 is 1.74 bits per heavy atom. The molecule has 5 nitrogen and oxygen atoms in total. The molecule has 0 aromatic heterocycles. The molecular formula is C22H40N4O. The summed E-state index contributed by atoms with van der Waals surface area (Å²) in [5.41, 5.74) is 1.22. The van der Waals surface area contributed by atoms with Crippen molar-refractivity contribution in [1.29, 1.82) is 0 Å². The molecule has 0 amide bonds. The number of ether oxygens (including phenoxy) is 1. The van der Waals surface area contributed by atoms with Gasteiger partial charge in [0, 0.05) is 19.6 Å². The molecule has 0 saturated heterocycles. The van der Waals surface area contributed by atoms with Crippen molar-refractivity contribution in [2.24, 2.45) is 10.9 Å². The second-order valence-electron chi connectivity index (χ2n) is 7.92. The summed E-state index contributed by atoms with van der Waals surface area (Å²) in [7, 11) is 4.00. The molecule has 1 unspecified atom stereocenters. The molecule has 0 aliphatic heterocycles. The summed E-state index contributed by atoms with van der Waals surface area (Å²) in [6.45, 7) is 13.7. The van der Waals surface area contributed by atoms with Crippen LogP contribution in [-0.4, -0.2) is 50.7 Å². The van der Waals surface area contributed by atoms with Gasteiger partial charge in [0.25, 0.3) is 0 Å². The third-order valence-corrected chi connectivity index (χ3v) is 4.65. The summed E-state index contributed by atoms with van der Waals surface area (Å²) in [5, 5.41) is 6.87. The maximum atomic E-state index is 5.75. The van der Waals surface area contributed by atoms with Crippen molar-refractivity contribution in [2.45, 2.75) is 59.5 Å². The summed E-state index contributed by atoms with van der Waals surface area (Å²) < 4.78 is 5.75. The zero-order valence-corrected chi connectivity index (χ0v) is 18.4. The molecule has 0 saturated carbocycles. The molecule has 0 aliphatic carbocycles. The van der Waals surface area contributed by atoms with Crippen LogP contribution in [0.3, 0.4) is 0 Å². The van der Waals surface area contributed by atoms with Crippen molar-refractivity contribution in [3.63, 3.8) is 0 Å². The Labute approximate surface area is 166 Å². The van der Waals surface area contributed by atoms with Gasteiger partial charge in [0.15, 0.2) is 5.96 Å². The predicted molar refractivity (Wildman–Crippen MR) is 117 cm³/mol. The van der Waals surface area contributed by atoms with Gasteiger partial charge in [0.2, 0.25) is 0 Å². The van der Waals surface area contributed by atoms with E-state index in [1.807, 2.05) is 19.2 Å². The molecule has 0 aliphatic rings. The van der Waals surface area contributed by atoms with Crippen LogP contribution in [-0.2, 0) is 0 Å². The lowest BCUT2D eigenvalue weighted by Crippen LogP contribution is -2.39. The minimum Gasteiger partial charge on any atom is -0.493 e. The fraction of sp³-hybridized carbons (Fsp3) is 0.682. The van der Waals surface area contributed by atoms with Gasteiger partial charge in [-0.25, -0.2) is 0 Å². The average Bonchev–Trinajstić information content (AvgIpc) is 2.65. The summed E-state index contributed by atoms with van der Waals surface area (Å²) in [6.07, 6.45) is 2.32. The first-order valence-corrected chi connectivity index (χ1v) is 10.2. The third-order valence-electron chi connectivity index (χ3n) is 4.65. The number of hydrogen-bond donors (Lipinski definition) is 2. The van der Waals surface area contributed by atoms with Gasteiger partial charge in [-0.15, -0.1) is 0 Å². The molecule has 0 heterocycles. The largest absolute Gasteiger partial charge is 0.493 e. The molecule has 27 heavy (non-hydrogen) atoms. The van der Waals surface area contributed by atoms with E-state index in [4.69, 9.17) is 4.74 Å². The Hall–Kier alpha value is -1.75. The van der Waals surface area contributed by atoms with Gasteiger partial charge < -0.3 is 20.3 Å². The van der Waals surface area contributed by atoms with Crippen LogP contribution < -0.4 is 15.4 Å². The zero-order valence-electron chi connectivity index (χ0n) is 18.4. The van der Waals surface area contributed by atoms with E-state index >= 15 is 0 Å². The van der Waals surface area contributed by atoms with Gasteiger partial charge in [-0.05, 0) is 70.8 Å². The second kappa shape index (κ2) is 12.6. The van der Waals surface area contributed by atoms with Crippen LogP contribution in [0, 0.1) is 5.92 Å². The van der Waals surface area contributed by atoms with Crippen molar-refractivity contribution < 1.29 is 4.74 Å². The van der Waals surface area contributed by atoms with Crippen LogP contribution in [0.15, 0.2) is 29.3 Å². The molecular weight excluding hydrogens is 336 g/mol. The lowest BCUT2D eigenvalue weighted by Gasteiger charge is -2.21. The van der Waals surface area contributed by atoms with E-state index in [0.29, 0.717) is 12.0 Å². The highest BCUT2D eigenvalue weighted by molar-refractivity contribution is 5.80. The smallest absolute Gasteiger partial charge is 0.191 e. The van der Waals surface area contributed by atoms with E-state index in [9.17, 15) is 0 Å². The second-order valence-corrected chi connectivity index (χ2v) is 7.92. The van der Waals surface area contributed by atoms with Crippen molar-refractivity contribution >= 4 is 5.96 Å². The van der Waals surface area contributed by atoms with Crippen LogP contribution in [0.1, 0.15) is 59.1 Å². The first-order chi connectivity index (χ1) is 12.8. The van der Waals surface area contributed by atoms with E-state index in [0.717, 1.165) is 37.8 Å². The lowest BCUT2D eigenvalue weighted by molar-refractivity contribution is 0.268. The Morgan fingerprint density at radius 1 is 1.07 bits per heavy atom. The van der Waals surface area contributed by atoms with Crippen LogP contribution >= 0.6 is 0 Å². The first kappa shape index (κ1) is 23.3. The summed E-state index contributed by atoms with van der Waals surface area (Å²) in [5.74, 6) is 2.30. The summed E-state index contributed by atoms with van der Waals surface area (Å²) in [4.78, 5) is 6.72. The van der Waals surface area contributed by atoms with Gasteiger partial charge in [-0.3, -0.25) is 4.99 Å². The minimum atomic E-state index is 0.183. The number of rotatable bonds is 11. The Bertz CT molecular complexity index is 540. The fourth-order valence-electron chi connectivity index (χ4n) is 2.55. The van der Waals surface area contributed by atoms with Gasteiger partial charge in [0.05, 0.1) is 12.6 Å². The quantitative estimate of drug-likeness (QED) is 0.347. The maximum absolute atomic E-state index is 5.75. The van der Waals surface area contributed by atoms with E-state index < -0.39 is 0 Å². The zero-order chi connectivity index (χ0) is 20.2. The van der Waals surface area contributed by atoms with E-state index in [1.165, 1.54) is 12.0 Å². The maximum Gasteiger partial charge on any atom is 0.191 e. The van der Waals surface area contributed by atoms with Crippen molar-refractivity contribution in [3.8, 4) is 5.75 Å². The number of nitrogens with one attached hydrogen (secondary N) is 2. The van der Waals surface area contributed by atoms with Crippen LogP contribution in [0.4, 0.5) is 0 Å². The first-order valence-electron chi connectivity index (χ1n) is 10.2. The lowest BCUT2D eigenvalue weighted by atomic mass is 10.1. The summed E-state index contributed by atoms with van der Waals surface area (Å²) in [6, 6.07) is 9.09. The monoisotopic (exact) mass is 376 g/mol. The number of aliphatic imine (C=N–C) groups is 1. The number of hydrogen-bond acceptors (Lipinski definition) is 3. The highest BCUT2D eigenvalue weighted by Crippen LogP contribution is 2.18. The Balaban J connectivity index is 2.37. The molecule has 0 radical (unpaired) electrons. The van der Waals surface area contributed by atoms with Crippen LogP contribution in [0.5, 0.6) is 5.75 Å². The number of unbranched alkanes of at least 4 members (excludes halogenated alkanes) is 1. The highest BCUT2D eigenvalue weighted by atomic mass is 16.5. The van der Waals surface area contributed by atoms with Gasteiger partial charge >= 0.3 is 0 Å². The average molecular weight is 377 g/mol. The molecule has 5 heteroatoms. The molecule has 0 spiro atoms. The molecule has 1 rings (SSSR count). The number of benzene rings is 1. The predicted octanol–water partition coefficient (Wildman–Crippen LogP) is 4.07. The van der Waals surface area contributed by atoms with Crippen LogP contribution in [0.25, 0.3) is 0 Å². The standard InChI is InChI=1S/C22H40N4O/c1-17(2)16-27-21-12-10-20(11-13-21)19(5)25-22(23-6)24-14-8-9-15-26(7)18(3)4/h10-13,17-19H,8-9,14-16H2,1-7H3,(H2,23,24,25). The van der Waals surface area contributed by atoms with Gasteiger partial charge in [-0.2, -0.15) is 0 Å². The Morgan fingerprint density at radius 3 is 2.30 bits per heavy atom. The van der Waals surface area contributed by atoms with Crippen molar-refractivity contribution in [3.05, 3.63) is 29.8 Å². The topological polar surface area (TPSA) is 48.9 Å². The minimum absolute atomic E-state index is 0.183. The van der Waals surface area contributed by atoms with E-state index in [1.54, 1.807) is 0 Å². The van der Waals surface area contributed by atoms with Gasteiger partial charge in [0.1, 0.15) is 5.75 Å². The van der Waals surface area contributed by atoms with Crippen molar-refractivity contribution in [2.75, 3.05) is 33.8 Å². The normalized spacial score (nSPS) is 13.3. The molecule has 1 aromatic rings. The van der Waals surface area contributed by atoms with E-state index in [2.05, 4.69) is 74.3 Å². The molecule has 1 aromatic carbocycles. The fourth-order valence-corrected chi connectivity index (χ4v) is 2.55. The number of guanidine groups is 1. The molecule has 0 bridgehead atoms. The Kier molecular flexibility index (Phi) is 10.9. The SMILES string of the molecule is CN=C(NCCCCN(C)C(C)C)NC(C)c1ccc(OCC(C)C)cc1. The van der Waals surface area contributed by atoms with Crippen molar-refractivity contribution in [1.82, 2.24) is 15.5 Å². The third kappa shape index (κ3) is 9.66. The molecule has 2 N–H and O–H groups in total.